The molecule has 5 N–H and O–H groups in total. The fourth-order valence-electron chi connectivity index (χ4n) is 4.90. The van der Waals surface area contributed by atoms with E-state index < -0.39 is 5.97 Å². The molecular formula is C28H41N7O5. The van der Waals surface area contributed by atoms with Crippen molar-refractivity contribution in [2.75, 3.05) is 45.2 Å². The van der Waals surface area contributed by atoms with E-state index in [0.29, 0.717) is 30.9 Å². The highest BCUT2D eigenvalue weighted by Gasteiger charge is 2.17. The van der Waals surface area contributed by atoms with Gasteiger partial charge in [0, 0.05) is 32.2 Å². The molecule has 1 atom stereocenters. The summed E-state index contributed by atoms with van der Waals surface area (Å²) in [6, 6.07) is 8.07. The molecule has 1 saturated heterocycles. The van der Waals surface area contributed by atoms with Crippen molar-refractivity contribution in [2.24, 2.45) is 0 Å². The molecule has 2 aromatic heterocycles. The number of fused-ring (bicyclic) bond motifs is 1. The molecule has 3 aromatic rings. The van der Waals surface area contributed by atoms with Crippen molar-refractivity contribution in [1.29, 1.82) is 0 Å². The summed E-state index contributed by atoms with van der Waals surface area (Å²) < 4.78 is 12.7. The number of aromatic nitrogens is 4. The Morgan fingerprint density at radius 1 is 1.20 bits per heavy atom. The number of benzene rings is 1. The maximum atomic E-state index is 12.8. The van der Waals surface area contributed by atoms with Crippen molar-refractivity contribution in [3.8, 4) is 6.01 Å². The van der Waals surface area contributed by atoms with Gasteiger partial charge in [0.05, 0.1) is 26.2 Å². The number of carboxylic acids is 1. The van der Waals surface area contributed by atoms with Crippen LogP contribution in [0, 0.1) is 0 Å². The molecule has 12 heteroatoms. The molecule has 12 nitrogen and oxygen atoms in total. The fraction of sp³-hybridized carbons (Fsp3) is 0.571. The van der Waals surface area contributed by atoms with Crippen LogP contribution in [-0.4, -0.2) is 81.0 Å². The van der Waals surface area contributed by atoms with Crippen LogP contribution in [-0.2, 0) is 29.0 Å². The number of nitrogens with two attached hydrogens (primary N) is 1. The third-order valence-electron chi connectivity index (χ3n) is 7.13. The first kappa shape index (κ1) is 29.5. The van der Waals surface area contributed by atoms with E-state index >= 15 is 0 Å². The first-order chi connectivity index (χ1) is 19.4. The monoisotopic (exact) mass is 555 g/mol. The zero-order valence-electron chi connectivity index (χ0n) is 23.2. The molecular weight excluding hydrogens is 514 g/mol. The SMILES string of the molecule is CCCCOc1nc(N)c2[nH]c(=O)n(CCCC(CCN3CCOCC3)NCc3cccc(CC(=O)O)c3)c2n1. The minimum absolute atomic E-state index is 0.00704. The van der Waals surface area contributed by atoms with E-state index in [1.54, 1.807) is 4.57 Å². The number of H-pyrrole nitrogens is 1. The smallest absolute Gasteiger partial charge is 0.327 e. The predicted octanol–water partition coefficient (Wildman–Crippen LogP) is 2.17. The molecule has 0 saturated carbocycles. The number of nitrogens with one attached hydrogen (secondary N) is 2. The van der Waals surface area contributed by atoms with Crippen LogP contribution in [0.3, 0.4) is 0 Å². The molecule has 3 heterocycles. The molecule has 1 fully saturated rings. The predicted molar refractivity (Wildman–Crippen MR) is 152 cm³/mol. The van der Waals surface area contributed by atoms with Gasteiger partial charge in [-0.25, -0.2) is 4.79 Å². The average Bonchev–Trinajstić information content (AvgIpc) is 3.26. The summed E-state index contributed by atoms with van der Waals surface area (Å²) in [6.07, 6.45) is 4.42. The van der Waals surface area contributed by atoms with E-state index in [0.717, 1.165) is 76.1 Å². The maximum absolute atomic E-state index is 12.8. The summed E-state index contributed by atoms with van der Waals surface area (Å²) in [5, 5.41) is 12.8. The molecule has 0 radical (unpaired) electrons. The van der Waals surface area contributed by atoms with Gasteiger partial charge in [-0.05, 0) is 43.4 Å². The van der Waals surface area contributed by atoms with Gasteiger partial charge in [-0.2, -0.15) is 9.97 Å². The molecule has 0 bridgehead atoms. The molecule has 0 aliphatic carbocycles. The molecule has 1 aliphatic rings. The molecule has 0 spiro atoms. The third-order valence-corrected chi connectivity index (χ3v) is 7.13. The minimum atomic E-state index is -0.840. The van der Waals surface area contributed by atoms with Crippen molar-refractivity contribution in [3.05, 3.63) is 45.9 Å². The Bertz CT molecular complexity index is 1300. The lowest BCUT2D eigenvalue weighted by Gasteiger charge is -2.29. The number of rotatable bonds is 16. The molecule has 0 amide bonds. The first-order valence-electron chi connectivity index (χ1n) is 14.1. The van der Waals surface area contributed by atoms with Crippen molar-refractivity contribution in [2.45, 2.75) is 64.6 Å². The highest BCUT2D eigenvalue weighted by molar-refractivity contribution is 5.81. The lowest BCUT2D eigenvalue weighted by molar-refractivity contribution is -0.136. The van der Waals surface area contributed by atoms with Crippen molar-refractivity contribution >= 4 is 23.0 Å². The summed E-state index contributed by atoms with van der Waals surface area (Å²) >= 11 is 0. The maximum Gasteiger partial charge on any atom is 0.327 e. The number of unbranched alkanes of at least 4 members (excludes halogenated alkanes) is 1. The topological polar surface area (TPSA) is 161 Å². The number of nitrogen functional groups attached to an aromatic ring is 1. The highest BCUT2D eigenvalue weighted by atomic mass is 16.5. The standard InChI is InChI=1S/C28H41N7O5/c1-2-3-14-40-27-32-25(29)24-26(33-27)35(28(38)31-24)10-5-8-22(9-11-34-12-15-39-16-13-34)30-19-21-7-4-6-20(17-21)18-23(36)37/h4,6-7,17,22,30H,2-3,5,8-16,18-19H2,1H3,(H,31,38)(H,36,37)(H2,29,32,33). The fourth-order valence-corrected chi connectivity index (χ4v) is 4.90. The number of aryl methyl sites for hydroxylation is 1. The van der Waals surface area contributed by atoms with E-state index in [-0.39, 0.29) is 30.0 Å². The quantitative estimate of drug-likeness (QED) is 0.193. The van der Waals surface area contributed by atoms with Gasteiger partial charge in [0.1, 0.15) is 5.52 Å². The van der Waals surface area contributed by atoms with Gasteiger partial charge in [0.2, 0.25) is 0 Å². The van der Waals surface area contributed by atoms with E-state index in [1.807, 2.05) is 24.3 Å². The number of hydrogen-bond donors (Lipinski definition) is 4. The van der Waals surface area contributed by atoms with Crippen LogP contribution >= 0.6 is 0 Å². The second-order valence-electron chi connectivity index (χ2n) is 10.2. The van der Waals surface area contributed by atoms with Crippen LogP contribution < -0.4 is 21.5 Å². The number of carbonyl (C=O) groups is 1. The Kier molecular flexibility index (Phi) is 10.9. The molecule has 1 aliphatic heterocycles. The molecule has 1 aromatic carbocycles. The highest BCUT2D eigenvalue weighted by Crippen LogP contribution is 2.19. The van der Waals surface area contributed by atoms with Crippen molar-refractivity contribution in [3.63, 3.8) is 0 Å². The summed E-state index contributed by atoms with van der Waals surface area (Å²) in [6.45, 7) is 8.01. The summed E-state index contributed by atoms with van der Waals surface area (Å²) in [5.74, 6) is -0.643. The number of aliphatic carboxylic acids is 1. The number of carboxylic acid groups (broad SMARTS) is 1. The number of ether oxygens (including phenoxy) is 2. The Morgan fingerprint density at radius 2 is 2.00 bits per heavy atom. The molecule has 1 unspecified atom stereocenters. The average molecular weight is 556 g/mol. The van der Waals surface area contributed by atoms with E-state index in [1.165, 1.54) is 0 Å². The van der Waals surface area contributed by atoms with Gasteiger partial charge < -0.3 is 30.6 Å². The number of anilines is 1. The number of morpholine rings is 1. The normalized spacial score (nSPS) is 14.9. The number of imidazole rings is 1. The van der Waals surface area contributed by atoms with Crippen molar-refractivity contribution in [1.82, 2.24) is 29.7 Å². The number of aromatic amines is 1. The first-order valence-corrected chi connectivity index (χ1v) is 14.1. The molecule has 4 rings (SSSR count). The van der Waals surface area contributed by atoms with Crippen LogP contribution in [0.15, 0.2) is 29.1 Å². The summed E-state index contributed by atoms with van der Waals surface area (Å²) in [4.78, 5) is 37.7. The lowest BCUT2D eigenvalue weighted by Crippen LogP contribution is -2.40. The van der Waals surface area contributed by atoms with Gasteiger partial charge in [-0.15, -0.1) is 0 Å². The van der Waals surface area contributed by atoms with Gasteiger partial charge in [-0.1, -0.05) is 37.6 Å². The Balaban J connectivity index is 1.41. The summed E-state index contributed by atoms with van der Waals surface area (Å²) in [7, 11) is 0. The van der Waals surface area contributed by atoms with Gasteiger partial charge in [0.25, 0.3) is 0 Å². The molecule has 218 valence electrons. The van der Waals surface area contributed by atoms with Gasteiger partial charge in [-0.3, -0.25) is 14.3 Å². The zero-order chi connectivity index (χ0) is 28.3. The van der Waals surface area contributed by atoms with E-state index in [4.69, 9.17) is 20.3 Å². The zero-order valence-corrected chi connectivity index (χ0v) is 23.2. The summed E-state index contributed by atoms with van der Waals surface area (Å²) in [5.41, 5.74) is 8.54. The lowest BCUT2D eigenvalue weighted by atomic mass is 10.0. The molecule has 40 heavy (non-hydrogen) atoms. The van der Waals surface area contributed by atoms with Crippen LogP contribution in [0.4, 0.5) is 5.82 Å². The van der Waals surface area contributed by atoms with Crippen molar-refractivity contribution < 1.29 is 19.4 Å². The number of nitrogens with zero attached hydrogens (tertiary/aromatic N) is 4. The van der Waals surface area contributed by atoms with Crippen LogP contribution in [0.2, 0.25) is 0 Å². The van der Waals surface area contributed by atoms with Gasteiger partial charge >= 0.3 is 17.7 Å². The largest absolute Gasteiger partial charge is 0.481 e. The van der Waals surface area contributed by atoms with Gasteiger partial charge in [0.15, 0.2) is 11.5 Å². The van der Waals surface area contributed by atoms with E-state index in [2.05, 4.69) is 32.1 Å². The van der Waals surface area contributed by atoms with Crippen LogP contribution in [0.1, 0.15) is 50.2 Å². The minimum Gasteiger partial charge on any atom is -0.481 e. The second-order valence-corrected chi connectivity index (χ2v) is 10.2. The van der Waals surface area contributed by atoms with E-state index in [9.17, 15) is 9.59 Å². The number of hydrogen-bond acceptors (Lipinski definition) is 9. The van der Waals surface area contributed by atoms with Crippen LogP contribution in [0.5, 0.6) is 6.01 Å². The Labute approximate surface area is 233 Å². The Morgan fingerprint density at radius 3 is 2.77 bits per heavy atom. The third kappa shape index (κ3) is 8.51. The Hall–Kier alpha value is -3.48. The van der Waals surface area contributed by atoms with Crippen LogP contribution in [0.25, 0.3) is 11.2 Å². The second kappa shape index (κ2) is 14.8.